The van der Waals surface area contributed by atoms with Crippen LogP contribution in [0.1, 0.15) is 12.8 Å². The molecule has 0 radical (unpaired) electrons. The van der Waals surface area contributed by atoms with Crippen molar-refractivity contribution in [3.05, 3.63) is 37.0 Å². The molecule has 3 aliphatic rings. The van der Waals surface area contributed by atoms with Gasteiger partial charge in [0.2, 0.25) is 0 Å². The zero-order chi connectivity index (χ0) is 13.0. The van der Waals surface area contributed by atoms with Gasteiger partial charge in [-0.1, -0.05) is 30.9 Å². The van der Waals surface area contributed by atoms with E-state index in [4.69, 9.17) is 0 Å². The fraction of sp³-hybridized carbons (Fsp3) is 0.467. The van der Waals surface area contributed by atoms with Crippen molar-refractivity contribution in [1.82, 2.24) is 0 Å². The normalized spacial score (nSPS) is 33.6. The minimum absolute atomic E-state index is 0.190. The Balaban J connectivity index is 0.000000139. The molecule has 4 unspecified atom stereocenters. The molecule has 0 aliphatic heterocycles. The van der Waals surface area contributed by atoms with Crippen molar-refractivity contribution in [3.63, 3.8) is 0 Å². The number of ether oxygens (including phenoxy) is 1. The van der Waals surface area contributed by atoms with Crippen LogP contribution in [0, 0.1) is 23.7 Å². The van der Waals surface area contributed by atoms with Crippen LogP contribution in [0.2, 0.25) is 0 Å². The molecule has 0 aromatic rings. The highest BCUT2D eigenvalue weighted by atomic mass is 16.5. The number of hydrogen-bond donors (Lipinski definition) is 0. The molecule has 0 amide bonds. The molecule has 0 saturated heterocycles. The van der Waals surface area contributed by atoms with Crippen LogP contribution in [0.15, 0.2) is 37.0 Å². The fourth-order valence-electron chi connectivity index (χ4n) is 3.15. The van der Waals surface area contributed by atoms with E-state index in [2.05, 4.69) is 35.6 Å². The van der Waals surface area contributed by atoms with Crippen molar-refractivity contribution in [3.8, 4) is 0 Å². The maximum Gasteiger partial charge on any atom is 0.330 e. The number of aldehydes is 1. The molecular formula is C15H18O3. The summed E-state index contributed by atoms with van der Waals surface area (Å²) in [4.78, 5) is 19.6. The fourth-order valence-corrected chi connectivity index (χ4v) is 3.15. The Bertz CT molecular complexity index is 395. The Hall–Kier alpha value is -1.64. The van der Waals surface area contributed by atoms with Gasteiger partial charge in [0.15, 0.2) is 6.29 Å². The number of hydrogen-bond acceptors (Lipinski definition) is 3. The molecule has 3 heteroatoms. The lowest BCUT2D eigenvalue weighted by Gasteiger charge is -2.18. The second-order valence-corrected chi connectivity index (χ2v) is 4.85. The molecule has 0 aromatic carbocycles. The van der Waals surface area contributed by atoms with Crippen molar-refractivity contribution in [1.29, 1.82) is 0 Å². The number of carbonyl (C=O) groups is 2. The summed E-state index contributed by atoms with van der Waals surface area (Å²) in [6.07, 6.45) is 14.0. The Morgan fingerprint density at radius 3 is 2.78 bits per heavy atom. The molecule has 0 aromatic heterocycles. The van der Waals surface area contributed by atoms with Gasteiger partial charge in [-0.2, -0.15) is 0 Å². The summed E-state index contributed by atoms with van der Waals surface area (Å²) >= 11 is 0. The summed E-state index contributed by atoms with van der Waals surface area (Å²) in [7, 11) is 0. The standard InChI is InChI=1S/C10H12.C5H6O3/c1-2-9-7-4-5-8(6-7)10(9)3-1;1-2-5(7)8-4-3-6/h1-2,4-5,7-10H,3,6H2;2-3H,1,4H2. The van der Waals surface area contributed by atoms with Crippen LogP contribution in [0.25, 0.3) is 0 Å². The van der Waals surface area contributed by atoms with Crippen LogP contribution in [0.4, 0.5) is 0 Å². The molecule has 18 heavy (non-hydrogen) atoms. The summed E-state index contributed by atoms with van der Waals surface area (Å²) in [5, 5.41) is 0. The van der Waals surface area contributed by atoms with E-state index in [0.29, 0.717) is 6.29 Å². The minimum Gasteiger partial charge on any atom is -0.455 e. The van der Waals surface area contributed by atoms with Gasteiger partial charge in [-0.3, -0.25) is 4.79 Å². The van der Waals surface area contributed by atoms with Crippen molar-refractivity contribution in [2.45, 2.75) is 12.8 Å². The maximum atomic E-state index is 10.1. The van der Waals surface area contributed by atoms with Crippen molar-refractivity contribution < 1.29 is 14.3 Å². The Labute approximate surface area is 107 Å². The number of allylic oxidation sites excluding steroid dienone is 4. The van der Waals surface area contributed by atoms with Gasteiger partial charge in [-0.05, 0) is 36.5 Å². The molecule has 3 nitrogen and oxygen atoms in total. The van der Waals surface area contributed by atoms with Crippen molar-refractivity contribution >= 4 is 12.3 Å². The number of rotatable bonds is 3. The van der Waals surface area contributed by atoms with E-state index in [1.54, 1.807) is 0 Å². The first-order chi connectivity index (χ1) is 8.76. The van der Waals surface area contributed by atoms with E-state index in [-0.39, 0.29) is 6.61 Å². The van der Waals surface area contributed by atoms with Gasteiger partial charge >= 0.3 is 5.97 Å². The first kappa shape index (κ1) is 12.8. The summed E-state index contributed by atoms with van der Waals surface area (Å²) in [5.74, 6) is 3.25. The molecule has 1 fully saturated rings. The average Bonchev–Trinajstić information content (AvgIpc) is 3.08. The topological polar surface area (TPSA) is 43.4 Å². The van der Waals surface area contributed by atoms with Crippen LogP contribution >= 0.6 is 0 Å². The SMILES string of the molecule is C1=CC2C3C=CC(C3)C2C1.C=CC(=O)OCC=O. The third-order valence-corrected chi connectivity index (χ3v) is 3.92. The molecule has 96 valence electrons. The number of esters is 1. The van der Waals surface area contributed by atoms with Crippen molar-refractivity contribution in [2.75, 3.05) is 6.61 Å². The molecule has 1 saturated carbocycles. The first-order valence-corrected chi connectivity index (χ1v) is 6.34. The number of carbonyl (C=O) groups excluding carboxylic acids is 2. The maximum absolute atomic E-state index is 10.1. The lowest BCUT2D eigenvalue weighted by molar-refractivity contribution is -0.140. The molecule has 0 heterocycles. The predicted octanol–water partition coefficient (Wildman–Crippen LogP) is 2.30. The molecule has 2 bridgehead atoms. The molecule has 3 rings (SSSR count). The van der Waals surface area contributed by atoms with E-state index in [1.165, 1.54) is 12.8 Å². The highest BCUT2D eigenvalue weighted by molar-refractivity contribution is 5.82. The van der Waals surface area contributed by atoms with Gasteiger partial charge < -0.3 is 4.74 Å². The van der Waals surface area contributed by atoms with Gasteiger partial charge in [0, 0.05) is 6.08 Å². The molecular weight excluding hydrogens is 228 g/mol. The summed E-state index contributed by atoms with van der Waals surface area (Å²) in [6.45, 7) is 2.93. The second kappa shape index (κ2) is 5.80. The zero-order valence-corrected chi connectivity index (χ0v) is 10.3. The van der Waals surface area contributed by atoms with Gasteiger partial charge in [0.25, 0.3) is 0 Å². The Morgan fingerprint density at radius 2 is 2.11 bits per heavy atom. The van der Waals surface area contributed by atoms with Gasteiger partial charge in [-0.15, -0.1) is 0 Å². The van der Waals surface area contributed by atoms with E-state index >= 15 is 0 Å². The second-order valence-electron chi connectivity index (χ2n) is 4.85. The average molecular weight is 246 g/mol. The third-order valence-electron chi connectivity index (χ3n) is 3.92. The Kier molecular flexibility index (Phi) is 4.13. The Morgan fingerprint density at radius 1 is 1.33 bits per heavy atom. The van der Waals surface area contributed by atoms with Gasteiger partial charge in [0.05, 0.1) is 0 Å². The van der Waals surface area contributed by atoms with Gasteiger partial charge in [0.1, 0.15) is 6.61 Å². The van der Waals surface area contributed by atoms with Crippen molar-refractivity contribution in [2.24, 2.45) is 23.7 Å². The van der Waals surface area contributed by atoms with Crippen LogP contribution in [0.5, 0.6) is 0 Å². The van der Waals surface area contributed by atoms with E-state index < -0.39 is 5.97 Å². The highest BCUT2D eigenvalue weighted by Crippen LogP contribution is 2.52. The van der Waals surface area contributed by atoms with E-state index in [0.717, 1.165) is 29.7 Å². The smallest absolute Gasteiger partial charge is 0.330 e. The summed E-state index contributed by atoms with van der Waals surface area (Å²) < 4.78 is 4.22. The summed E-state index contributed by atoms with van der Waals surface area (Å²) in [5.41, 5.74) is 0. The first-order valence-electron chi connectivity index (χ1n) is 6.34. The zero-order valence-electron chi connectivity index (χ0n) is 10.3. The van der Waals surface area contributed by atoms with E-state index in [9.17, 15) is 9.59 Å². The molecule has 0 spiro atoms. The quantitative estimate of drug-likeness (QED) is 0.332. The summed E-state index contributed by atoms with van der Waals surface area (Å²) in [6, 6.07) is 0. The molecule has 0 N–H and O–H groups in total. The van der Waals surface area contributed by atoms with Crippen LogP contribution < -0.4 is 0 Å². The largest absolute Gasteiger partial charge is 0.455 e. The highest BCUT2D eigenvalue weighted by Gasteiger charge is 2.44. The predicted molar refractivity (Wildman–Crippen MR) is 68.7 cm³/mol. The third kappa shape index (κ3) is 2.61. The van der Waals surface area contributed by atoms with Gasteiger partial charge in [-0.25, -0.2) is 4.79 Å². The van der Waals surface area contributed by atoms with Crippen LogP contribution in [0.3, 0.4) is 0 Å². The lowest BCUT2D eigenvalue weighted by Crippen LogP contribution is -2.12. The lowest BCUT2D eigenvalue weighted by atomic mass is 9.86. The molecule has 4 atom stereocenters. The minimum atomic E-state index is -0.572. The monoisotopic (exact) mass is 246 g/mol. The van der Waals surface area contributed by atoms with E-state index in [1.807, 2.05) is 0 Å². The molecule has 3 aliphatic carbocycles. The van der Waals surface area contributed by atoms with Crippen LogP contribution in [-0.4, -0.2) is 18.9 Å². The number of fused-ring (bicyclic) bond motifs is 5. The van der Waals surface area contributed by atoms with Crippen LogP contribution in [-0.2, 0) is 14.3 Å².